The Bertz CT molecular complexity index is 1330. The molecule has 0 spiro atoms. The summed E-state index contributed by atoms with van der Waals surface area (Å²) in [5.74, 6) is 1.37. The maximum Gasteiger partial charge on any atom is 0.124 e. The van der Waals surface area contributed by atoms with Gasteiger partial charge in [0.15, 0.2) is 0 Å². The van der Waals surface area contributed by atoms with Gasteiger partial charge in [0.05, 0.1) is 56.0 Å². The van der Waals surface area contributed by atoms with Crippen LogP contribution < -0.4 is 14.4 Å². The number of ether oxygens (including phenoxy) is 2. The lowest BCUT2D eigenvalue weighted by atomic mass is 10.1. The fraction of sp³-hybridized carbons (Fsp3) is 0.393. The topological polar surface area (TPSA) is 88.8 Å². The van der Waals surface area contributed by atoms with Gasteiger partial charge in [0, 0.05) is 54.9 Å². The summed E-state index contributed by atoms with van der Waals surface area (Å²) in [6.07, 6.45) is 8.57. The number of methoxy groups -OCH3 is 2. The number of rotatable bonds is 9. The number of piperidine rings is 1. The van der Waals surface area contributed by atoms with E-state index in [4.69, 9.17) is 14.5 Å². The minimum atomic E-state index is -0.543. The molecule has 1 unspecified atom stereocenters. The highest BCUT2D eigenvalue weighted by atomic mass is 16.5. The third-order valence-electron chi connectivity index (χ3n) is 6.80. The van der Waals surface area contributed by atoms with Gasteiger partial charge in [-0.05, 0) is 44.1 Å². The second kappa shape index (κ2) is 11.1. The summed E-state index contributed by atoms with van der Waals surface area (Å²) in [4.78, 5) is 13.9. The number of hydrogen-bond donors (Lipinski definition) is 1. The van der Waals surface area contributed by atoms with Crippen molar-refractivity contribution in [2.75, 3.05) is 45.3 Å². The van der Waals surface area contributed by atoms with Crippen LogP contribution in [0.15, 0.2) is 55.0 Å². The van der Waals surface area contributed by atoms with E-state index < -0.39 is 6.10 Å². The maximum absolute atomic E-state index is 11.2. The zero-order chi connectivity index (χ0) is 25.8. The van der Waals surface area contributed by atoms with Crippen LogP contribution in [0.5, 0.6) is 11.5 Å². The highest BCUT2D eigenvalue weighted by Gasteiger charge is 2.21. The van der Waals surface area contributed by atoms with E-state index in [1.807, 2.05) is 49.6 Å². The van der Waals surface area contributed by atoms with Crippen molar-refractivity contribution in [3.8, 4) is 22.8 Å². The summed E-state index contributed by atoms with van der Waals surface area (Å²) in [7, 11) is 5.16. The van der Waals surface area contributed by atoms with E-state index in [9.17, 15) is 5.11 Å². The summed E-state index contributed by atoms with van der Waals surface area (Å²) >= 11 is 0. The molecule has 0 amide bonds. The molecule has 9 nitrogen and oxygen atoms in total. The largest absolute Gasteiger partial charge is 0.497 e. The molecule has 5 rings (SSSR count). The van der Waals surface area contributed by atoms with Crippen molar-refractivity contribution in [3.63, 3.8) is 0 Å². The van der Waals surface area contributed by atoms with E-state index in [1.165, 1.54) is 19.3 Å². The smallest absolute Gasteiger partial charge is 0.124 e. The fourth-order valence-electron chi connectivity index (χ4n) is 4.88. The van der Waals surface area contributed by atoms with Gasteiger partial charge >= 0.3 is 0 Å². The zero-order valence-corrected chi connectivity index (χ0v) is 21.7. The average Bonchev–Trinajstić information content (AvgIpc) is 3.37. The monoisotopic (exact) mass is 502 g/mol. The number of benzene rings is 2. The number of aliphatic hydroxyl groups is 1. The van der Waals surface area contributed by atoms with Crippen molar-refractivity contribution >= 4 is 22.4 Å². The quantitative estimate of drug-likeness (QED) is 0.367. The number of fused-ring (bicyclic) bond motifs is 1. The summed E-state index contributed by atoms with van der Waals surface area (Å²) in [6, 6.07) is 11.8. The number of nitrogens with zero attached hydrogens (tertiary/aromatic N) is 6. The highest BCUT2D eigenvalue weighted by molar-refractivity contribution is 5.82. The van der Waals surface area contributed by atoms with Crippen LogP contribution in [0.4, 0.5) is 11.4 Å². The molecule has 0 aliphatic carbocycles. The van der Waals surface area contributed by atoms with E-state index in [1.54, 1.807) is 31.3 Å². The maximum atomic E-state index is 11.2. The molecule has 3 heterocycles. The molecular weight excluding hydrogens is 468 g/mol. The van der Waals surface area contributed by atoms with Crippen molar-refractivity contribution < 1.29 is 14.6 Å². The van der Waals surface area contributed by atoms with E-state index in [0.29, 0.717) is 24.6 Å². The molecule has 2 aromatic carbocycles. The normalized spacial score (nSPS) is 15.0. The van der Waals surface area contributed by atoms with Crippen LogP contribution in [0.1, 0.15) is 19.3 Å². The van der Waals surface area contributed by atoms with Crippen LogP contribution >= 0.6 is 0 Å². The molecule has 4 aromatic rings. The lowest BCUT2D eigenvalue weighted by Gasteiger charge is -2.32. The van der Waals surface area contributed by atoms with E-state index in [-0.39, 0.29) is 0 Å². The Labute approximate surface area is 217 Å². The third-order valence-corrected chi connectivity index (χ3v) is 6.80. The van der Waals surface area contributed by atoms with Crippen LogP contribution in [0.25, 0.3) is 22.3 Å². The summed E-state index contributed by atoms with van der Waals surface area (Å²) < 4.78 is 12.8. The van der Waals surface area contributed by atoms with Crippen LogP contribution in [-0.4, -0.2) is 76.3 Å². The predicted molar refractivity (Wildman–Crippen MR) is 145 cm³/mol. The first kappa shape index (κ1) is 25.0. The van der Waals surface area contributed by atoms with Gasteiger partial charge in [-0.15, -0.1) is 0 Å². The van der Waals surface area contributed by atoms with Gasteiger partial charge in [-0.3, -0.25) is 9.67 Å². The zero-order valence-electron chi connectivity index (χ0n) is 21.7. The molecule has 1 aliphatic rings. The molecule has 1 N–H and O–H groups in total. The molecule has 37 heavy (non-hydrogen) atoms. The number of aromatic nitrogens is 4. The summed E-state index contributed by atoms with van der Waals surface area (Å²) in [5.41, 5.74) is 5.01. The fourth-order valence-corrected chi connectivity index (χ4v) is 4.88. The molecule has 1 saturated heterocycles. The van der Waals surface area contributed by atoms with Gasteiger partial charge in [-0.1, -0.05) is 6.42 Å². The van der Waals surface area contributed by atoms with Gasteiger partial charge < -0.3 is 24.4 Å². The van der Waals surface area contributed by atoms with E-state index >= 15 is 0 Å². The Morgan fingerprint density at radius 2 is 1.70 bits per heavy atom. The molecule has 2 aromatic heterocycles. The SMILES string of the molecule is COc1cc(OC)cc(N(CC(O)CN2CCCCC2)c2ccc3ncc(-c4cnn(C)c4)nc3c2)c1. The van der Waals surface area contributed by atoms with Gasteiger partial charge in [0.2, 0.25) is 0 Å². The van der Waals surface area contributed by atoms with Crippen LogP contribution in [0.3, 0.4) is 0 Å². The van der Waals surface area contributed by atoms with Crippen LogP contribution in [0, 0.1) is 0 Å². The molecule has 1 atom stereocenters. The van der Waals surface area contributed by atoms with Crippen molar-refractivity contribution in [1.82, 2.24) is 24.6 Å². The number of aryl methyl sites for hydroxylation is 1. The molecular formula is C28H34N6O3. The van der Waals surface area contributed by atoms with Crippen LogP contribution in [-0.2, 0) is 7.05 Å². The molecule has 194 valence electrons. The molecule has 0 bridgehead atoms. The first-order valence-electron chi connectivity index (χ1n) is 12.7. The second-order valence-corrected chi connectivity index (χ2v) is 9.53. The molecule has 9 heteroatoms. The first-order valence-corrected chi connectivity index (χ1v) is 12.7. The Kier molecular flexibility index (Phi) is 7.52. The summed E-state index contributed by atoms with van der Waals surface area (Å²) in [6.45, 7) is 3.11. The Balaban J connectivity index is 1.51. The average molecular weight is 503 g/mol. The highest BCUT2D eigenvalue weighted by Crippen LogP contribution is 2.34. The van der Waals surface area contributed by atoms with Gasteiger partial charge in [-0.25, -0.2) is 4.98 Å². The van der Waals surface area contributed by atoms with Crippen molar-refractivity contribution in [3.05, 3.63) is 55.0 Å². The number of hydrogen-bond acceptors (Lipinski definition) is 8. The van der Waals surface area contributed by atoms with Crippen molar-refractivity contribution in [2.24, 2.45) is 7.05 Å². The molecule has 0 radical (unpaired) electrons. The van der Waals surface area contributed by atoms with Crippen molar-refractivity contribution in [1.29, 1.82) is 0 Å². The van der Waals surface area contributed by atoms with Gasteiger partial charge in [0.1, 0.15) is 11.5 Å². The standard InChI is InChI=1S/C28H34N6O3/c1-32-17-20(15-30-32)28-16-29-26-8-7-21(13-27(26)31-28)34(19-23(35)18-33-9-5-4-6-10-33)22-11-24(36-2)14-25(12-22)37-3/h7-8,11-17,23,35H,4-6,9-10,18-19H2,1-3H3. The Morgan fingerprint density at radius 1 is 0.946 bits per heavy atom. The first-order chi connectivity index (χ1) is 18.0. The predicted octanol–water partition coefficient (Wildman–Crippen LogP) is 4.03. The Hall–Kier alpha value is -3.69. The van der Waals surface area contributed by atoms with Gasteiger partial charge in [0.25, 0.3) is 0 Å². The minimum Gasteiger partial charge on any atom is -0.497 e. The number of aliphatic hydroxyl groups excluding tert-OH is 1. The van der Waals surface area contributed by atoms with Crippen LogP contribution in [0.2, 0.25) is 0 Å². The van der Waals surface area contributed by atoms with Gasteiger partial charge in [-0.2, -0.15) is 5.10 Å². The number of anilines is 2. The Morgan fingerprint density at radius 3 is 2.38 bits per heavy atom. The minimum absolute atomic E-state index is 0.411. The van der Waals surface area contributed by atoms with E-state index in [0.717, 1.165) is 46.8 Å². The summed E-state index contributed by atoms with van der Waals surface area (Å²) in [5, 5.41) is 15.4. The number of likely N-dealkylation sites (tertiary alicyclic amines) is 1. The molecule has 1 aliphatic heterocycles. The lowest BCUT2D eigenvalue weighted by Crippen LogP contribution is -2.41. The lowest BCUT2D eigenvalue weighted by molar-refractivity contribution is 0.107. The second-order valence-electron chi connectivity index (χ2n) is 9.53. The number of β-amino-alcohol motifs (C(OH)–C–C–N with tert-alkyl or cyclic N) is 1. The molecule has 1 fully saturated rings. The van der Waals surface area contributed by atoms with Crippen molar-refractivity contribution in [2.45, 2.75) is 25.4 Å². The molecule has 0 saturated carbocycles. The van der Waals surface area contributed by atoms with E-state index in [2.05, 4.69) is 19.9 Å². The third kappa shape index (κ3) is 5.84.